The molecular formula is C14H26N2S. The van der Waals surface area contributed by atoms with Crippen LogP contribution in [-0.2, 0) is 0 Å². The maximum atomic E-state index is 4.72. The van der Waals surface area contributed by atoms with Gasteiger partial charge in [-0.25, -0.2) is 4.98 Å². The van der Waals surface area contributed by atoms with E-state index >= 15 is 0 Å². The first-order valence-corrected chi connectivity index (χ1v) is 7.59. The van der Waals surface area contributed by atoms with Crippen LogP contribution in [0.25, 0.3) is 0 Å². The zero-order valence-electron chi connectivity index (χ0n) is 11.8. The summed E-state index contributed by atoms with van der Waals surface area (Å²) < 4.78 is 0. The van der Waals surface area contributed by atoms with Crippen molar-refractivity contribution in [3.8, 4) is 0 Å². The number of rotatable bonds is 7. The van der Waals surface area contributed by atoms with Gasteiger partial charge in [0.15, 0.2) is 0 Å². The van der Waals surface area contributed by atoms with E-state index in [0.29, 0.717) is 12.0 Å². The zero-order chi connectivity index (χ0) is 12.8. The van der Waals surface area contributed by atoms with Gasteiger partial charge in [-0.2, -0.15) is 0 Å². The molecule has 0 aliphatic rings. The molecule has 0 spiro atoms. The first-order chi connectivity index (χ1) is 8.10. The second kappa shape index (κ2) is 7.12. The molecule has 0 saturated carbocycles. The molecule has 1 aromatic heterocycles. The summed E-state index contributed by atoms with van der Waals surface area (Å²) in [5, 5.41) is 4.93. The predicted molar refractivity (Wildman–Crippen MR) is 76.7 cm³/mol. The molecule has 1 aromatic rings. The lowest BCUT2D eigenvalue weighted by Gasteiger charge is -2.23. The molecule has 1 rings (SSSR count). The van der Waals surface area contributed by atoms with Gasteiger partial charge in [-0.05, 0) is 39.2 Å². The number of hydrogen-bond donors (Lipinski definition) is 1. The van der Waals surface area contributed by atoms with Crippen molar-refractivity contribution >= 4 is 11.3 Å². The first kappa shape index (κ1) is 14.7. The van der Waals surface area contributed by atoms with Gasteiger partial charge in [-0.1, -0.05) is 27.2 Å². The number of aromatic nitrogens is 1. The third-order valence-corrected chi connectivity index (χ3v) is 4.39. The number of nitrogens with one attached hydrogen (secondary N) is 1. The summed E-state index contributed by atoms with van der Waals surface area (Å²) in [5.74, 6) is 0.663. The predicted octanol–water partition coefficient (Wildman–Crippen LogP) is 4.24. The Labute approximate surface area is 110 Å². The summed E-state index contributed by atoms with van der Waals surface area (Å²) in [6.45, 7) is 12.2. The summed E-state index contributed by atoms with van der Waals surface area (Å²) in [6.07, 6.45) is 3.69. The molecule has 0 radical (unpaired) electrons. The van der Waals surface area contributed by atoms with Crippen LogP contribution in [0.5, 0.6) is 0 Å². The second-order valence-corrected chi connectivity index (χ2v) is 6.13. The first-order valence-electron chi connectivity index (χ1n) is 6.77. The van der Waals surface area contributed by atoms with Gasteiger partial charge in [0.05, 0.1) is 11.7 Å². The Morgan fingerprint density at radius 2 is 1.94 bits per heavy atom. The Morgan fingerprint density at radius 1 is 1.24 bits per heavy atom. The molecule has 0 aliphatic carbocycles. The highest BCUT2D eigenvalue weighted by molar-refractivity contribution is 7.11. The summed E-state index contributed by atoms with van der Waals surface area (Å²) >= 11 is 1.85. The number of nitrogens with zero attached hydrogens (tertiary/aromatic N) is 1. The largest absolute Gasteiger partial charge is 0.308 e. The highest BCUT2D eigenvalue weighted by atomic mass is 32.1. The molecule has 0 aromatic carbocycles. The monoisotopic (exact) mass is 254 g/mol. The molecule has 17 heavy (non-hydrogen) atoms. The van der Waals surface area contributed by atoms with Crippen molar-refractivity contribution in [3.05, 3.63) is 15.6 Å². The lowest BCUT2D eigenvalue weighted by atomic mass is 9.97. The van der Waals surface area contributed by atoms with Gasteiger partial charge in [0, 0.05) is 4.88 Å². The van der Waals surface area contributed by atoms with Gasteiger partial charge >= 0.3 is 0 Å². The fraction of sp³-hybridized carbons (Fsp3) is 0.786. The highest BCUT2D eigenvalue weighted by Crippen LogP contribution is 2.30. The van der Waals surface area contributed by atoms with E-state index in [1.807, 2.05) is 11.3 Å². The third-order valence-electron chi connectivity index (χ3n) is 3.24. The van der Waals surface area contributed by atoms with Gasteiger partial charge in [0.25, 0.3) is 0 Å². The molecule has 2 nitrogen and oxygen atoms in total. The van der Waals surface area contributed by atoms with Crippen molar-refractivity contribution in [1.29, 1.82) is 0 Å². The van der Waals surface area contributed by atoms with Crippen molar-refractivity contribution < 1.29 is 0 Å². The van der Waals surface area contributed by atoms with E-state index in [2.05, 4.69) is 39.9 Å². The maximum Gasteiger partial charge on any atom is 0.110 e. The summed E-state index contributed by atoms with van der Waals surface area (Å²) in [4.78, 5) is 6.08. The van der Waals surface area contributed by atoms with Crippen molar-refractivity contribution in [2.45, 2.75) is 59.9 Å². The van der Waals surface area contributed by atoms with Crippen LogP contribution in [0.15, 0.2) is 0 Å². The molecular weight excluding hydrogens is 228 g/mol. The standard InChI is InChI=1S/C14H26N2S/c1-6-8-10(3)13(15-9-7-2)14-16-11(4)12(5)17-14/h10,13,15H,6-9H2,1-5H3. The van der Waals surface area contributed by atoms with Gasteiger partial charge in [-0.3, -0.25) is 0 Å². The summed E-state index contributed by atoms with van der Waals surface area (Å²) in [7, 11) is 0. The van der Waals surface area contributed by atoms with Crippen molar-refractivity contribution in [1.82, 2.24) is 10.3 Å². The van der Waals surface area contributed by atoms with Crippen LogP contribution < -0.4 is 5.32 Å². The molecule has 98 valence electrons. The topological polar surface area (TPSA) is 24.9 Å². The number of aryl methyl sites for hydroxylation is 2. The Bertz CT molecular complexity index is 313. The lowest BCUT2D eigenvalue weighted by molar-refractivity contribution is 0.362. The van der Waals surface area contributed by atoms with E-state index in [-0.39, 0.29) is 0 Å². The normalized spacial score (nSPS) is 14.9. The van der Waals surface area contributed by atoms with E-state index < -0.39 is 0 Å². The van der Waals surface area contributed by atoms with Gasteiger partial charge in [-0.15, -0.1) is 11.3 Å². The second-order valence-electron chi connectivity index (χ2n) is 4.89. The smallest absolute Gasteiger partial charge is 0.110 e. The quantitative estimate of drug-likeness (QED) is 0.787. The van der Waals surface area contributed by atoms with Crippen LogP contribution in [0.3, 0.4) is 0 Å². The summed E-state index contributed by atoms with van der Waals surface area (Å²) in [5.41, 5.74) is 1.19. The van der Waals surface area contributed by atoms with E-state index in [4.69, 9.17) is 4.98 Å². The number of hydrogen-bond acceptors (Lipinski definition) is 3. The molecule has 2 atom stereocenters. The molecule has 0 aliphatic heterocycles. The van der Waals surface area contributed by atoms with E-state index in [1.54, 1.807) is 0 Å². The van der Waals surface area contributed by atoms with Crippen LogP contribution in [0.4, 0.5) is 0 Å². The van der Waals surface area contributed by atoms with Crippen LogP contribution in [0.2, 0.25) is 0 Å². The SMILES string of the molecule is CCCNC(c1nc(C)c(C)s1)C(C)CCC. The van der Waals surface area contributed by atoms with Crippen LogP contribution in [0.1, 0.15) is 61.7 Å². The van der Waals surface area contributed by atoms with Crippen LogP contribution >= 0.6 is 11.3 Å². The van der Waals surface area contributed by atoms with Crippen LogP contribution in [-0.4, -0.2) is 11.5 Å². The Kier molecular flexibility index (Phi) is 6.14. The molecule has 0 bridgehead atoms. The zero-order valence-corrected chi connectivity index (χ0v) is 12.7. The molecule has 0 amide bonds. The average molecular weight is 254 g/mol. The Morgan fingerprint density at radius 3 is 2.41 bits per heavy atom. The Hall–Kier alpha value is -0.410. The third kappa shape index (κ3) is 4.07. The average Bonchev–Trinajstić information content (AvgIpc) is 2.60. The van der Waals surface area contributed by atoms with Gasteiger partial charge in [0.1, 0.15) is 5.01 Å². The molecule has 1 N–H and O–H groups in total. The minimum absolute atomic E-state index is 0.437. The fourth-order valence-corrected chi connectivity index (χ4v) is 3.22. The van der Waals surface area contributed by atoms with Crippen molar-refractivity contribution in [2.24, 2.45) is 5.92 Å². The Balaban J connectivity index is 2.80. The highest BCUT2D eigenvalue weighted by Gasteiger charge is 2.21. The van der Waals surface area contributed by atoms with Gasteiger partial charge < -0.3 is 5.32 Å². The van der Waals surface area contributed by atoms with E-state index in [0.717, 1.165) is 6.54 Å². The molecule has 0 fully saturated rings. The maximum absolute atomic E-state index is 4.72. The number of thiazole rings is 1. The van der Waals surface area contributed by atoms with Gasteiger partial charge in [0.2, 0.25) is 0 Å². The molecule has 1 heterocycles. The minimum Gasteiger partial charge on any atom is -0.308 e. The van der Waals surface area contributed by atoms with Crippen molar-refractivity contribution in [3.63, 3.8) is 0 Å². The van der Waals surface area contributed by atoms with E-state index in [9.17, 15) is 0 Å². The fourth-order valence-electron chi connectivity index (χ4n) is 2.08. The lowest BCUT2D eigenvalue weighted by Crippen LogP contribution is -2.27. The minimum atomic E-state index is 0.437. The molecule has 2 unspecified atom stereocenters. The molecule has 3 heteroatoms. The van der Waals surface area contributed by atoms with Crippen LogP contribution in [0, 0.1) is 19.8 Å². The summed E-state index contributed by atoms with van der Waals surface area (Å²) in [6, 6.07) is 0.437. The molecule has 0 saturated heterocycles. The van der Waals surface area contributed by atoms with E-state index in [1.165, 1.54) is 34.8 Å². The van der Waals surface area contributed by atoms with Crippen molar-refractivity contribution in [2.75, 3.05) is 6.54 Å².